The van der Waals surface area contributed by atoms with E-state index in [1.54, 1.807) is 10.8 Å². The first-order valence-electron chi connectivity index (χ1n) is 9.07. The SMILES string of the molecule is CN[C@H](C)[C@H]1CCN(c2ncc3c(=O)[nH]c(=O)n(C4CC4)c3c2C)C1.Cl. The summed E-state index contributed by atoms with van der Waals surface area (Å²) in [6.07, 6.45) is 4.73. The number of pyridine rings is 1. The molecule has 0 radical (unpaired) electrons. The fourth-order valence-electron chi connectivity index (χ4n) is 4.02. The standard InChI is InChI=1S/C18H25N5O2.ClH/c1-10-15-14(17(24)21-18(25)23(15)13-4-5-13)8-20-16(10)22-7-6-12(9-22)11(2)19-3;/h8,11-13,19H,4-7,9H2,1-3H3,(H,21,24,25);1H/t11-,12+;/m1./s1. The Kier molecular flexibility index (Phi) is 5.12. The molecule has 4 rings (SSSR count). The van der Waals surface area contributed by atoms with E-state index in [1.807, 2.05) is 14.0 Å². The molecule has 2 aromatic heterocycles. The van der Waals surface area contributed by atoms with Crippen LogP contribution in [-0.2, 0) is 0 Å². The maximum absolute atomic E-state index is 12.4. The van der Waals surface area contributed by atoms with E-state index in [0.29, 0.717) is 17.3 Å². The third kappa shape index (κ3) is 3.03. The van der Waals surface area contributed by atoms with Crippen LogP contribution >= 0.6 is 12.4 Å². The summed E-state index contributed by atoms with van der Waals surface area (Å²) in [5.74, 6) is 1.48. The highest BCUT2D eigenvalue weighted by molar-refractivity contribution is 5.85. The number of H-pyrrole nitrogens is 1. The van der Waals surface area contributed by atoms with Gasteiger partial charge >= 0.3 is 5.69 Å². The number of hydrogen-bond acceptors (Lipinski definition) is 5. The topological polar surface area (TPSA) is 83.0 Å². The van der Waals surface area contributed by atoms with Crippen LogP contribution in [0.3, 0.4) is 0 Å². The lowest BCUT2D eigenvalue weighted by Crippen LogP contribution is -2.33. The molecule has 2 aromatic rings. The number of nitrogens with one attached hydrogen (secondary N) is 2. The van der Waals surface area contributed by atoms with E-state index < -0.39 is 0 Å². The molecule has 26 heavy (non-hydrogen) atoms. The Morgan fingerprint density at radius 3 is 2.69 bits per heavy atom. The monoisotopic (exact) mass is 379 g/mol. The Labute approximate surface area is 158 Å². The normalized spacial score (nSPS) is 21.0. The van der Waals surface area contributed by atoms with Crippen molar-refractivity contribution >= 4 is 29.1 Å². The number of anilines is 1. The first-order chi connectivity index (χ1) is 12.0. The summed E-state index contributed by atoms with van der Waals surface area (Å²) >= 11 is 0. The Morgan fingerprint density at radius 2 is 2.04 bits per heavy atom. The molecule has 2 N–H and O–H groups in total. The second-order valence-electron chi connectivity index (χ2n) is 7.40. The molecule has 2 fully saturated rings. The molecule has 2 aliphatic rings. The van der Waals surface area contributed by atoms with Gasteiger partial charge in [-0.15, -0.1) is 12.4 Å². The number of rotatable bonds is 4. The number of aromatic nitrogens is 3. The summed E-state index contributed by atoms with van der Waals surface area (Å²) in [4.78, 5) is 33.9. The van der Waals surface area contributed by atoms with Crippen molar-refractivity contribution in [3.8, 4) is 0 Å². The summed E-state index contributed by atoms with van der Waals surface area (Å²) in [6.45, 7) is 6.08. The van der Waals surface area contributed by atoms with Gasteiger partial charge in [0.15, 0.2) is 0 Å². The number of halogens is 1. The molecule has 3 heterocycles. The molecule has 0 bridgehead atoms. The summed E-state index contributed by atoms with van der Waals surface area (Å²) in [6, 6.07) is 0.662. The second kappa shape index (κ2) is 7.04. The van der Waals surface area contributed by atoms with Crippen molar-refractivity contribution in [1.29, 1.82) is 0 Å². The van der Waals surface area contributed by atoms with Crippen molar-refractivity contribution < 1.29 is 0 Å². The lowest BCUT2D eigenvalue weighted by molar-refractivity contribution is 0.428. The van der Waals surface area contributed by atoms with Crippen LogP contribution in [0.15, 0.2) is 15.8 Å². The Hall–Kier alpha value is -1.86. The van der Waals surface area contributed by atoms with Crippen LogP contribution in [0, 0.1) is 12.8 Å². The van der Waals surface area contributed by atoms with E-state index in [9.17, 15) is 9.59 Å². The maximum Gasteiger partial charge on any atom is 0.329 e. The molecule has 0 aromatic carbocycles. The van der Waals surface area contributed by atoms with Crippen LogP contribution in [0.4, 0.5) is 5.82 Å². The Morgan fingerprint density at radius 1 is 1.31 bits per heavy atom. The van der Waals surface area contributed by atoms with Gasteiger partial charge < -0.3 is 10.2 Å². The van der Waals surface area contributed by atoms with Gasteiger partial charge in [-0.3, -0.25) is 14.3 Å². The number of aryl methyl sites for hydroxylation is 1. The summed E-state index contributed by atoms with van der Waals surface area (Å²) in [5.41, 5.74) is 1.04. The van der Waals surface area contributed by atoms with Gasteiger partial charge in [-0.25, -0.2) is 9.78 Å². The zero-order chi connectivity index (χ0) is 17.7. The molecule has 7 nitrogen and oxygen atoms in total. The van der Waals surface area contributed by atoms with Crippen molar-refractivity contribution in [3.63, 3.8) is 0 Å². The minimum atomic E-state index is -0.345. The fourth-order valence-corrected chi connectivity index (χ4v) is 4.02. The number of hydrogen-bond donors (Lipinski definition) is 2. The van der Waals surface area contributed by atoms with Crippen LogP contribution in [0.5, 0.6) is 0 Å². The van der Waals surface area contributed by atoms with Crippen LogP contribution in [0.25, 0.3) is 10.9 Å². The quantitative estimate of drug-likeness (QED) is 0.842. The van der Waals surface area contributed by atoms with Crippen LogP contribution in [-0.4, -0.2) is 40.7 Å². The van der Waals surface area contributed by atoms with Crippen molar-refractivity contribution in [2.75, 3.05) is 25.0 Å². The van der Waals surface area contributed by atoms with E-state index in [-0.39, 0.29) is 29.7 Å². The molecule has 0 unspecified atom stereocenters. The molecule has 0 spiro atoms. The first-order valence-corrected chi connectivity index (χ1v) is 9.07. The number of nitrogens with zero attached hydrogens (tertiary/aromatic N) is 3. The molecule has 0 amide bonds. The molecule has 8 heteroatoms. The average molecular weight is 380 g/mol. The lowest BCUT2D eigenvalue weighted by atomic mass is 10.0. The third-order valence-corrected chi connectivity index (χ3v) is 5.79. The summed E-state index contributed by atoms with van der Waals surface area (Å²) in [7, 11) is 1.99. The fraction of sp³-hybridized carbons (Fsp3) is 0.611. The van der Waals surface area contributed by atoms with E-state index in [1.165, 1.54) is 0 Å². The van der Waals surface area contributed by atoms with Gasteiger partial charge in [-0.1, -0.05) is 0 Å². The lowest BCUT2D eigenvalue weighted by Gasteiger charge is -2.23. The molecular formula is C18H26ClN5O2. The predicted octanol–water partition coefficient (Wildman–Crippen LogP) is 1.58. The molecule has 142 valence electrons. The zero-order valence-electron chi connectivity index (χ0n) is 15.4. The smallest absolute Gasteiger partial charge is 0.329 e. The minimum absolute atomic E-state index is 0. The number of fused-ring (bicyclic) bond motifs is 1. The Balaban J connectivity index is 0.00000196. The van der Waals surface area contributed by atoms with E-state index in [2.05, 4.69) is 27.1 Å². The van der Waals surface area contributed by atoms with Crippen LogP contribution < -0.4 is 21.5 Å². The minimum Gasteiger partial charge on any atom is -0.356 e. The van der Waals surface area contributed by atoms with Gasteiger partial charge in [-0.05, 0) is 46.1 Å². The summed E-state index contributed by atoms with van der Waals surface area (Å²) in [5, 5.41) is 3.84. The van der Waals surface area contributed by atoms with Gasteiger partial charge in [0.25, 0.3) is 5.56 Å². The molecular weight excluding hydrogens is 354 g/mol. The first kappa shape index (κ1) is 18.9. The van der Waals surface area contributed by atoms with Gasteiger partial charge in [0.2, 0.25) is 0 Å². The molecule has 1 saturated heterocycles. The van der Waals surface area contributed by atoms with E-state index >= 15 is 0 Å². The van der Waals surface area contributed by atoms with Gasteiger partial charge in [0, 0.05) is 36.9 Å². The third-order valence-electron chi connectivity index (χ3n) is 5.79. The second-order valence-corrected chi connectivity index (χ2v) is 7.40. The van der Waals surface area contributed by atoms with Crippen molar-refractivity contribution in [3.05, 3.63) is 32.6 Å². The maximum atomic E-state index is 12.4. The molecule has 2 atom stereocenters. The molecule has 1 aliphatic carbocycles. The largest absolute Gasteiger partial charge is 0.356 e. The highest BCUT2D eigenvalue weighted by atomic mass is 35.5. The van der Waals surface area contributed by atoms with Gasteiger partial charge in [0.1, 0.15) is 5.82 Å². The Bertz CT molecular complexity index is 934. The van der Waals surface area contributed by atoms with Crippen LogP contribution in [0.2, 0.25) is 0 Å². The van der Waals surface area contributed by atoms with Crippen LogP contribution in [0.1, 0.15) is 37.8 Å². The van der Waals surface area contributed by atoms with Crippen molar-refractivity contribution in [1.82, 2.24) is 19.9 Å². The molecule has 1 aliphatic heterocycles. The van der Waals surface area contributed by atoms with Gasteiger partial charge in [0.05, 0.1) is 10.9 Å². The highest BCUT2D eigenvalue weighted by Crippen LogP contribution is 2.37. The molecule has 1 saturated carbocycles. The van der Waals surface area contributed by atoms with E-state index in [0.717, 1.165) is 49.2 Å². The number of aromatic amines is 1. The van der Waals surface area contributed by atoms with E-state index in [4.69, 9.17) is 0 Å². The van der Waals surface area contributed by atoms with Crippen molar-refractivity contribution in [2.24, 2.45) is 5.92 Å². The van der Waals surface area contributed by atoms with Crippen molar-refractivity contribution in [2.45, 2.75) is 45.2 Å². The average Bonchev–Trinajstić information content (AvgIpc) is 3.30. The highest BCUT2D eigenvalue weighted by Gasteiger charge is 2.31. The zero-order valence-corrected chi connectivity index (χ0v) is 16.2. The predicted molar refractivity (Wildman–Crippen MR) is 106 cm³/mol. The summed E-state index contributed by atoms with van der Waals surface area (Å²) < 4.78 is 1.76. The van der Waals surface area contributed by atoms with Gasteiger partial charge in [-0.2, -0.15) is 0 Å².